The zero-order valence-electron chi connectivity index (χ0n) is 11.4. The van der Waals surface area contributed by atoms with Gasteiger partial charge in [-0.2, -0.15) is 5.10 Å². The second kappa shape index (κ2) is 4.42. The number of hydrogen-bond donors (Lipinski definition) is 1. The largest absolute Gasteiger partial charge is 0.312 e. The molecule has 0 unspecified atom stereocenters. The van der Waals surface area contributed by atoms with Crippen molar-refractivity contribution in [2.75, 3.05) is 6.54 Å². The van der Waals surface area contributed by atoms with Crippen molar-refractivity contribution in [3.63, 3.8) is 0 Å². The summed E-state index contributed by atoms with van der Waals surface area (Å²) in [5.41, 5.74) is 6.86. The summed E-state index contributed by atoms with van der Waals surface area (Å²) in [6.07, 6.45) is 2.97. The second-order valence-electron chi connectivity index (χ2n) is 5.32. The number of aryl methyl sites for hydroxylation is 1. The first kappa shape index (κ1) is 11.6. The quantitative estimate of drug-likeness (QED) is 0.733. The Morgan fingerprint density at radius 2 is 2.05 bits per heavy atom. The molecule has 0 bridgehead atoms. The predicted molar refractivity (Wildman–Crippen MR) is 78.6 cm³/mol. The molecule has 2 aromatic heterocycles. The van der Waals surface area contributed by atoms with E-state index in [1.165, 1.54) is 16.8 Å². The minimum absolute atomic E-state index is 0.887. The van der Waals surface area contributed by atoms with Crippen LogP contribution < -0.4 is 5.32 Å². The molecule has 0 saturated heterocycles. The third-order valence-corrected chi connectivity index (χ3v) is 3.87. The Bertz CT molecular complexity index is 771. The summed E-state index contributed by atoms with van der Waals surface area (Å²) >= 11 is 0. The molecule has 4 heteroatoms. The fourth-order valence-corrected chi connectivity index (χ4v) is 2.73. The van der Waals surface area contributed by atoms with Gasteiger partial charge in [0.05, 0.1) is 11.4 Å². The van der Waals surface area contributed by atoms with E-state index in [2.05, 4.69) is 47.6 Å². The first-order valence-electron chi connectivity index (χ1n) is 6.95. The van der Waals surface area contributed by atoms with E-state index in [0.717, 1.165) is 36.4 Å². The SMILES string of the molecule is Cc1ccc(-c2cc3ncc4c(n3n2)CCNC4)cc1. The van der Waals surface area contributed by atoms with Crippen LogP contribution in [0.5, 0.6) is 0 Å². The number of hydrogen-bond acceptors (Lipinski definition) is 3. The highest BCUT2D eigenvalue weighted by Gasteiger charge is 2.15. The highest BCUT2D eigenvalue weighted by Crippen LogP contribution is 2.22. The summed E-state index contributed by atoms with van der Waals surface area (Å²) in [6, 6.07) is 10.5. The molecular formula is C16H16N4. The fourth-order valence-electron chi connectivity index (χ4n) is 2.73. The topological polar surface area (TPSA) is 42.2 Å². The molecule has 4 rings (SSSR count). The van der Waals surface area contributed by atoms with Crippen LogP contribution in [0.2, 0.25) is 0 Å². The normalized spacial score (nSPS) is 14.4. The Labute approximate surface area is 117 Å². The number of aromatic nitrogens is 3. The zero-order valence-corrected chi connectivity index (χ0v) is 11.4. The van der Waals surface area contributed by atoms with Gasteiger partial charge in [-0.05, 0) is 6.92 Å². The molecule has 0 saturated carbocycles. The average molecular weight is 264 g/mol. The van der Waals surface area contributed by atoms with E-state index >= 15 is 0 Å². The Morgan fingerprint density at radius 1 is 1.20 bits per heavy atom. The van der Waals surface area contributed by atoms with E-state index in [1.807, 2.05) is 10.7 Å². The molecule has 0 atom stereocenters. The molecule has 100 valence electrons. The van der Waals surface area contributed by atoms with Gasteiger partial charge in [0.25, 0.3) is 0 Å². The van der Waals surface area contributed by atoms with Gasteiger partial charge >= 0.3 is 0 Å². The van der Waals surface area contributed by atoms with Crippen LogP contribution in [0.25, 0.3) is 16.9 Å². The van der Waals surface area contributed by atoms with Crippen molar-refractivity contribution in [2.45, 2.75) is 19.9 Å². The maximum atomic E-state index is 4.75. The lowest BCUT2D eigenvalue weighted by atomic mass is 10.1. The van der Waals surface area contributed by atoms with Crippen molar-refractivity contribution in [2.24, 2.45) is 0 Å². The minimum atomic E-state index is 0.887. The monoisotopic (exact) mass is 264 g/mol. The molecule has 4 nitrogen and oxygen atoms in total. The molecule has 0 amide bonds. The van der Waals surface area contributed by atoms with Gasteiger partial charge in [-0.15, -0.1) is 0 Å². The lowest BCUT2D eigenvalue weighted by molar-refractivity contribution is 0.610. The molecule has 3 heterocycles. The highest BCUT2D eigenvalue weighted by atomic mass is 15.3. The molecule has 0 fully saturated rings. The fraction of sp³-hybridized carbons (Fsp3) is 0.250. The van der Waals surface area contributed by atoms with Gasteiger partial charge in [0.2, 0.25) is 0 Å². The Balaban J connectivity index is 1.88. The van der Waals surface area contributed by atoms with Gasteiger partial charge in [0.1, 0.15) is 0 Å². The van der Waals surface area contributed by atoms with E-state index in [4.69, 9.17) is 5.10 Å². The third-order valence-electron chi connectivity index (χ3n) is 3.87. The third kappa shape index (κ3) is 1.80. The van der Waals surface area contributed by atoms with Crippen LogP contribution in [0.4, 0.5) is 0 Å². The summed E-state index contributed by atoms with van der Waals surface area (Å²) < 4.78 is 2.01. The van der Waals surface area contributed by atoms with Gasteiger partial charge in [0.15, 0.2) is 5.65 Å². The summed E-state index contributed by atoms with van der Waals surface area (Å²) in [4.78, 5) is 4.52. The lowest BCUT2D eigenvalue weighted by Gasteiger charge is -2.16. The van der Waals surface area contributed by atoms with Crippen LogP contribution in [0, 0.1) is 6.92 Å². The van der Waals surface area contributed by atoms with Crippen LogP contribution in [-0.2, 0) is 13.0 Å². The Morgan fingerprint density at radius 3 is 2.90 bits per heavy atom. The van der Waals surface area contributed by atoms with Crippen molar-refractivity contribution in [1.82, 2.24) is 19.9 Å². The van der Waals surface area contributed by atoms with Crippen molar-refractivity contribution < 1.29 is 0 Å². The van der Waals surface area contributed by atoms with E-state index in [0.29, 0.717) is 0 Å². The van der Waals surface area contributed by atoms with Crippen molar-refractivity contribution in [1.29, 1.82) is 0 Å². The summed E-state index contributed by atoms with van der Waals surface area (Å²) in [5.74, 6) is 0. The Kier molecular flexibility index (Phi) is 2.57. The van der Waals surface area contributed by atoms with E-state index in [9.17, 15) is 0 Å². The summed E-state index contributed by atoms with van der Waals surface area (Å²) in [6.45, 7) is 3.99. The average Bonchev–Trinajstić information content (AvgIpc) is 2.92. The molecule has 20 heavy (non-hydrogen) atoms. The van der Waals surface area contributed by atoms with Crippen LogP contribution in [-0.4, -0.2) is 21.1 Å². The first-order chi connectivity index (χ1) is 9.81. The second-order valence-corrected chi connectivity index (χ2v) is 5.32. The van der Waals surface area contributed by atoms with Crippen LogP contribution in [0.15, 0.2) is 36.5 Å². The standard InChI is InChI=1S/C16H16N4/c1-11-2-4-12(5-3-11)14-8-16-18-10-13-9-17-7-6-15(13)20(16)19-14/h2-5,8,10,17H,6-7,9H2,1H3. The Hall–Kier alpha value is -2.20. The molecule has 3 aromatic rings. The smallest absolute Gasteiger partial charge is 0.155 e. The molecule has 0 aliphatic carbocycles. The maximum Gasteiger partial charge on any atom is 0.155 e. The molecular weight excluding hydrogens is 248 g/mol. The number of nitrogens with one attached hydrogen (secondary N) is 1. The highest BCUT2D eigenvalue weighted by molar-refractivity contribution is 5.64. The van der Waals surface area contributed by atoms with Crippen molar-refractivity contribution >= 4 is 5.65 Å². The molecule has 1 aliphatic rings. The van der Waals surface area contributed by atoms with Crippen molar-refractivity contribution in [3.8, 4) is 11.3 Å². The van der Waals surface area contributed by atoms with Crippen molar-refractivity contribution in [3.05, 3.63) is 53.3 Å². The first-order valence-corrected chi connectivity index (χ1v) is 6.95. The van der Waals surface area contributed by atoms with E-state index < -0.39 is 0 Å². The van der Waals surface area contributed by atoms with Gasteiger partial charge in [-0.3, -0.25) is 0 Å². The van der Waals surface area contributed by atoms with Crippen LogP contribution in [0.3, 0.4) is 0 Å². The van der Waals surface area contributed by atoms with E-state index in [1.54, 1.807) is 0 Å². The molecule has 1 N–H and O–H groups in total. The number of nitrogens with zero attached hydrogens (tertiary/aromatic N) is 3. The van der Waals surface area contributed by atoms with Gasteiger partial charge in [-0.25, -0.2) is 9.50 Å². The molecule has 0 spiro atoms. The maximum absolute atomic E-state index is 4.75. The number of rotatable bonds is 1. The number of fused-ring (bicyclic) bond motifs is 3. The van der Waals surface area contributed by atoms with Gasteiger partial charge in [-0.1, -0.05) is 29.8 Å². The minimum Gasteiger partial charge on any atom is -0.312 e. The van der Waals surface area contributed by atoms with Gasteiger partial charge in [0, 0.05) is 42.9 Å². The van der Waals surface area contributed by atoms with Crippen LogP contribution >= 0.6 is 0 Å². The van der Waals surface area contributed by atoms with Crippen LogP contribution in [0.1, 0.15) is 16.8 Å². The lowest BCUT2D eigenvalue weighted by Crippen LogP contribution is -2.26. The predicted octanol–water partition coefficient (Wildman–Crippen LogP) is 2.35. The molecule has 1 aromatic carbocycles. The molecule has 1 aliphatic heterocycles. The zero-order chi connectivity index (χ0) is 13.5. The number of benzene rings is 1. The summed E-state index contributed by atoms with van der Waals surface area (Å²) in [5, 5.41) is 8.12. The van der Waals surface area contributed by atoms with Gasteiger partial charge < -0.3 is 5.32 Å². The van der Waals surface area contributed by atoms with E-state index in [-0.39, 0.29) is 0 Å². The summed E-state index contributed by atoms with van der Waals surface area (Å²) in [7, 11) is 0. The molecule has 0 radical (unpaired) electrons.